The molecule has 0 aliphatic rings. The molecule has 0 aliphatic carbocycles. The summed E-state index contributed by atoms with van der Waals surface area (Å²) in [5.41, 5.74) is 2.00. The summed E-state index contributed by atoms with van der Waals surface area (Å²) < 4.78 is 13.9. The summed E-state index contributed by atoms with van der Waals surface area (Å²) in [4.78, 5) is 17.8. The number of urea groups is 1. The number of nitrogens with zero attached hydrogens (tertiary/aromatic N) is 2. The second kappa shape index (κ2) is 7.58. The van der Waals surface area contributed by atoms with Crippen molar-refractivity contribution in [2.75, 3.05) is 19.0 Å². The maximum absolute atomic E-state index is 13.9. The van der Waals surface area contributed by atoms with Gasteiger partial charge in [-0.25, -0.2) is 9.18 Å². The molecule has 122 valence electrons. The summed E-state index contributed by atoms with van der Waals surface area (Å²) in [6.45, 7) is 2.11. The fraction of sp³-hybridized carbons (Fsp3) is 0.294. The quantitative estimate of drug-likeness (QED) is 0.892. The first-order valence-corrected chi connectivity index (χ1v) is 7.38. The summed E-state index contributed by atoms with van der Waals surface area (Å²) in [6.07, 6.45) is 1.68. The van der Waals surface area contributed by atoms with Gasteiger partial charge in [0.15, 0.2) is 0 Å². The van der Waals surface area contributed by atoms with Crippen LogP contribution in [0.4, 0.5) is 14.9 Å². The third kappa shape index (κ3) is 4.67. The minimum Gasteiger partial charge on any atom is -0.375 e. The van der Waals surface area contributed by atoms with Gasteiger partial charge in [0, 0.05) is 26.8 Å². The number of hydrogen-bond donors (Lipinski definition) is 2. The number of hydrogen-bond acceptors (Lipinski definition) is 3. The van der Waals surface area contributed by atoms with E-state index in [1.54, 1.807) is 37.3 Å². The van der Waals surface area contributed by atoms with Crippen molar-refractivity contribution in [1.82, 2.24) is 15.6 Å². The monoisotopic (exact) mass is 316 g/mol. The third-order valence-corrected chi connectivity index (χ3v) is 3.43. The van der Waals surface area contributed by atoms with E-state index < -0.39 is 0 Å². The molecule has 0 bridgehead atoms. The van der Waals surface area contributed by atoms with Gasteiger partial charge in [0.05, 0.1) is 17.4 Å². The SMILES string of the molecule is C[C@@H](NC(=O)NCc1ccc(N(C)C)c(F)c1)c1ccccn1. The number of halogens is 1. The number of amides is 2. The molecule has 0 saturated carbocycles. The van der Waals surface area contributed by atoms with E-state index in [4.69, 9.17) is 0 Å². The molecule has 6 heteroatoms. The molecule has 0 radical (unpaired) electrons. The Morgan fingerprint density at radius 1 is 1.30 bits per heavy atom. The van der Waals surface area contributed by atoms with Gasteiger partial charge in [0.1, 0.15) is 5.82 Å². The molecule has 0 saturated heterocycles. The lowest BCUT2D eigenvalue weighted by Gasteiger charge is -2.16. The third-order valence-electron chi connectivity index (χ3n) is 3.43. The van der Waals surface area contributed by atoms with Crippen LogP contribution in [0, 0.1) is 5.82 Å². The molecular formula is C17H21FN4O. The predicted octanol–water partition coefficient (Wildman–Crippen LogP) is 2.85. The van der Waals surface area contributed by atoms with Gasteiger partial charge in [-0.3, -0.25) is 4.98 Å². The second-order valence-corrected chi connectivity index (χ2v) is 5.48. The molecule has 2 amide bonds. The summed E-state index contributed by atoms with van der Waals surface area (Å²) in [7, 11) is 3.56. The molecule has 1 atom stereocenters. The number of rotatable bonds is 5. The Morgan fingerprint density at radius 2 is 2.09 bits per heavy atom. The van der Waals surface area contributed by atoms with Crippen LogP contribution in [-0.2, 0) is 6.54 Å². The van der Waals surface area contributed by atoms with E-state index >= 15 is 0 Å². The summed E-state index contributed by atoms with van der Waals surface area (Å²) >= 11 is 0. The lowest BCUT2D eigenvalue weighted by atomic mass is 10.2. The Labute approximate surface area is 135 Å². The van der Waals surface area contributed by atoms with Crippen molar-refractivity contribution in [3.05, 3.63) is 59.7 Å². The minimum absolute atomic E-state index is 0.205. The molecular weight excluding hydrogens is 295 g/mol. The van der Waals surface area contributed by atoms with Gasteiger partial charge < -0.3 is 15.5 Å². The van der Waals surface area contributed by atoms with Gasteiger partial charge in [-0.1, -0.05) is 12.1 Å². The van der Waals surface area contributed by atoms with E-state index in [9.17, 15) is 9.18 Å². The smallest absolute Gasteiger partial charge is 0.315 e. The van der Waals surface area contributed by atoms with Gasteiger partial charge in [0.25, 0.3) is 0 Å². The van der Waals surface area contributed by atoms with E-state index in [-0.39, 0.29) is 24.4 Å². The molecule has 1 aromatic heterocycles. The van der Waals surface area contributed by atoms with Gasteiger partial charge >= 0.3 is 6.03 Å². The normalized spacial score (nSPS) is 11.7. The lowest BCUT2D eigenvalue weighted by molar-refractivity contribution is 0.237. The maximum atomic E-state index is 13.9. The van der Waals surface area contributed by atoms with E-state index in [1.807, 2.05) is 25.1 Å². The van der Waals surface area contributed by atoms with Crippen LogP contribution in [0.1, 0.15) is 24.2 Å². The van der Waals surface area contributed by atoms with Crippen molar-refractivity contribution in [3.8, 4) is 0 Å². The van der Waals surface area contributed by atoms with Crippen LogP contribution in [0.3, 0.4) is 0 Å². The number of anilines is 1. The maximum Gasteiger partial charge on any atom is 0.315 e. The second-order valence-electron chi connectivity index (χ2n) is 5.48. The van der Waals surface area contributed by atoms with Crippen molar-refractivity contribution in [1.29, 1.82) is 0 Å². The predicted molar refractivity (Wildman–Crippen MR) is 88.8 cm³/mol. The Kier molecular flexibility index (Phi) is 5.51. The molecule has 0 unspecified atom stereocenters. The average molecular weight is 316 g/mol. The average Bonchev–Trinajstić information content (AvgIpc) is 2.53. The Morgan fingerprint density at radius 3 is 2.70 bits per heavy atom. The largest absolute Gasteiger partial charge is 0.375 e. The molecule has 2 N–H and O–H groups in total. The summed E-state index contributed by atoms with van der Waals surface area (Å²) in [5.74, 6) is -0.309. The first kappa shape index (κ1) is 16.7. The van der Waals surface area contributed by atoms with Crippen LogP contribution in [0.2, 0.25) is 0 Å². The fourth-order valence-corrected chi connectivity index (χ4v) is 2.16. The van der Waals surface area contributed by atoms with Crippen LogP contribution >= 0.6 is 0 Å². The first-order chi connectivity index (χ1) is 11.0. The molecule has 5 nitrogen and oxygen atoms in total. The van der Waals surface area contributed by atoms with E-state index in [2.05, 4.69) is 15.6 Å². The van der Waals surface area contributed by atoms with Crippen molar-refractivity contribution in [3.63, 3.8) is 0 Å². The standard InChI is InChI=1S/C17H21FN4O/c1-12(15-6-4-5-9-19-15)21-17(23)20-11-13-7-8-16(22(2)3)14(18)10-13/h4-10,12H,11H2,1-3H3,(H2,20,21,23)/t12-/m1/s1. The Hall–Kier alpha value is -2.63. The highest BCUT2D eigenvalue weighted by atomic mass is 19.1. The molecule has 0 aliphatic heterocycles. The van der Waals surface area contributed by atoms with Gasteiger partial charge in [-0.15, -0.1) is 0 Å². The number of carbonyl (C=O) groups is 1. The molecule has 23 heavy (non-hydrogen) atoms. The number of carbonyl (C=O) groups excluding carboxylic acids is 1. The highest BCUT2D eigenvalue weighted by molar-refractivity contribution is 5.74. The number of benzene rings is 1. The molecule has 1 heterocycles. The van der Waals surface area contributed by atoms with Crippen LogP contribution in [-0.4, -0.2) is 25.1 Å². The zero-order chi connectivity index (χ0) is 16.8. The molecule has 2 aromatic rings. The molecule has 1 aromatic carbocycles. The van der Waals surface area contributed by atoms with E-state index in [0.29, 0.717) is 11.3 Å². The van der Waals surface area contributed by atoms with E-state index in [0.717, 1.165) is 5.69 Å². The molecule has 0 fully saturated rings. The van der Waals surface area contributed by atoms with Crippen LogP contribution in [0.25, 0.3) is 0 Å². The fourth-order valence-electron chi connectivity index (χ4n) is 2.16. The number of pyridine rings is 1. The highest BCUT2D eigenvalue weighted by Crippen LogP contribution is 2.18. The van der Waals surface area contributed by atoms with Crippen molar-refractivity contribution >= 4 is 11.7 Å². The Balaban J connectivity index is 1.88. The van der Waals surface area contributed by atoms with Crippen molar-refractivity contribution in [2.24, 2.45) is 0 Å². The van der Waals surface area contributed by atoms with Crippen LogP contribution in [0.15, 0.2) is 42.6 Å². The summed E-state index contributed by atoms with van der Waals surface area (Å²) in [5, 5.41) is 5.51. The zero-order valence-electron chi connectivity index (χ0n) is 13.5. The lowest BCUT2D eigenvalue weighted by Crippen LogP contribution is -2.36. The topological polar surface area (TPSA) is 57.3 Å². The van der Waals surface area contributed by atoms with Gasteiger partial charge in [-0.05, 0) is 36.8 Å². The Bertz CT molecular complexity index is 661. The van der Waals surface area contributed by atoms with Crippen LogP contribution < -0.4 is 15.5 Å². The molecule has 2 rings (SSSR count). The highest BCUT2D eigenvalue weighted by Gasteiger charge is 2.10. The van der Waals surface area contributed by atoms with Gasteiger partial charge in [0.2, 0.25) is 0 Å². The van der Waals surface area contributed by atoms with E-state index in [1.165, 1.54) is 6.07 Å². The zero-order valence-corrected chi connectivity index (χ0v) is 13.5. The minimum atomic E-state index is -0.319. The van der Waals surface area contributed by atoms with Crippen molar-refractivity contribution in [2.45, 2.75) is 19.5 Å². The number of aromatic nitrogens is 1. The summed E-state index contributed by atoms with van der Waals surface area (Å²) in [6, 6.07) is 9.93. The number of nitrogens with one attached hydrogen (secondary N) is 2. The van der Waals surface area contributed by atoms with Crippen molar-refractivity contribution < 1.29 is 9.18 Å². The first-order valence-electron chi connectivity index (χ1n) is 7.38. The van der Waals surface area contributed by atoms with Gasteiger partial charge in [-0.2, -0.15) is 0 Å². The van der Waals surface area contributed by atoms with Crippen LogP contribution in [0.5, 0.6) is 0 Å². The molecule has 0 spiro atoms.